The van der Waals surface area contributed by atoms with E-state index in [1.54, 1.807) is 19.1 Å². The van der Waals surface area contributed by atoms with Crippen LogP contribution in [0.4, 0.5) is 0 Å². The summed E-state index contributed by atoms with van der Waals surface area (Å²) in [5, 5.41) is 3.28. The Balaban J connectivity index is 1.20. The lowest BCUT2D eigenvalue weighted by Gasteiger charge is -2.57. The molecule has 43 heavy (non-hydrogen) atoms. The second-order valence-corrected chi connectivity index (χ2v) is 14.1. The second kappa shape index (κ2) is 12.2. The largest absolute Gasteiger partial charge is 0.493 e. The molecule has 2 atom stereocenters. The third-order valence-electron chi connectivity index (χ3n) is 11.3. The number of benzene rings is 1. The molecule has 2 amide bonds. The molecule has 0 spiro atoms. The lowest BCUT2D eigenvalue weighted by atomic mass is 9.49. The Labute approximate surface area is 255 Å². The van der Waals surface area contributed by atoms with Crippen LogP contribution in [0, 0.1) is 34.5 Å². The van der Waals surface area contributed by atoms with E-state index in [0.29, 0.717) is 43.9 Å². The Kier molecular flexibility index (Phi) is 8.49. The molecule has 8 heteroatoms. The van der Waals surface area contributed by atoms with Gasteiger partial charge >= 0.3 is 5.97 Å². The van der Waals surface area contributed by atoms with Gasteiger partial charge in [0.25, 0.3) is 0 Å². The number of allylic oxidation sites excluding steroid dienone is 1. The Bertz CT molecular complexity index is 1240. The summed E-state index contributed by atoms with van der Waals surface area (Å²) in [5.41, 5.74) is 1.07. The number of carbonyl (C=O) groups is 3. The first-order chi connectivity index (χ1) is 20.8. The zero-order valence-electron chi connectivity index (χ0n) is 26.1. The highest BCUT2D eigenvalue weighted by Gasteiger charge is 2.54. The number of nitrogens with one attached hydrogen (secondary N) is 1. The van der Waals surface area contributed by atoms with Crippen LogP contribution in [0.5, 0.6) is 11.5 Å². The monoisotopic (exact) mass is 592 g/mol. The van der Waals surface area contributed by atoms with Crippen molar-refractivity contribution >= 4 is 17.8 Å². The molecule has 0 radical (unpaired) electrons. The Hall–Kier alpha value is -3.03. The molecule has 8 nitrogen and oxygen atoms in total. The molecular formula is C35H48N2O6. The van der Waals surface area contributed by atoms with E-state index in [-0.39, 0.29) is 29.6 Å². The molecule has 1 aromatic carbocycles. The Morgan fingerprint density at radius 3 is 2.30 bits per heavy atom. The average molecular weight is 593 g/mol. The van der Waals surface area contributed by atoms with Gasteiger partial charge in [0.1, 0.15) is 5.41 Å². The minimum Gasteiger partial charge on any atom is -0.493 e. The van der Waals surface area contributed by atoms with Gasteiger partial charge in [0, 0.05) is 31.1 Å². The molecule has 1 heterocycles. The topological polar surface area (TPSA) is 94.2 Å². The van der Waals surface area contributed by atoms with E-state index in [1.165, 1.54) is 45.6 Å². The molecule has 1 aromatic rings. The van der Waals surface area contributed by atoms with Gasteiger partial charge in [-0.25, -0.2) is 0 Å². The summed E-state index contributed by atoms with van der Waals surface area (Å²) in [4.78, 5) is 43.0. The smallest absolute Gasteiger partial charge is 0.317 e. The predicted molar refractivity (Wildman–Crippen MR) is 162 cm³/mol. The van der Waals surface area contributed by atoms with Gasteiger partial charge in [-0.1, -0.05) is 18.6 Å². The zero-order chi connectivity index (χ0) is 30.2. The summed E-state index contributed by atoms with van der Waals surface area (Å²) >= 11 is 0. The molecule has 0 aromatic heterocycles. The van der Waals surface area contributed by atoms with Crippen LogP contribution in [0.3, 0.4) is 0 Å². The minimum absolute atomic E-state index is 0.0712. The summed E-state index contributed by atoms with van der Waals surface area (Å²) < 4.78 is 16.3. The lowest BCUT2D eigenvalue weighted by Crippen LogP contribution is -2.54. The summed E-state index contributed by atoms with van der Waals surface area (Å²) in [7, 11) is 4.64. The number of hydrogen-bond acceptors (Lipinski definition) is 6. The van der Waals surface area contributed by atoms with Crippen LogP contribution < -0.4 is 14.8 Å². The maximum absolute atomic E-state index is 14.2. The first-order valence-corrected chi connectivity index (χ1v) is 16.4. The van der Waals surface area contributed by atoms with Gasteiger partial charge in [-0.3, -0.25) is 14.4 Å². The highest BCUT2D eigenvalue weighted by atomic mass is 16.5. The first kappa shape index (κ1) is 30.0. The van der Waals surface area contributed by atoms with Crippen LogP contribution in [0.2, 0.25) is 0 Å². The van der Waals surface area contributed by atoms with Crippen molar-refractivity contribution in [3.05, 3.63) is 35.5 Å². The van der Waals surface area contributed by atoms with Crippen molar-refractivity contribution in [3.8, 4) is 11.5 Å². The van der Waals surface area contributed by atoms with Crippen LogP contribution in [-0.4, -0.2) is 57.1 Å². The third-order valence-corrected chi connectivity index (χ3v) is 11.3. The summed E-state index contributed by atoms with van der Waals surface area (Å²) in [6, 6.07) is 5.77. The number of nitrogens with zero attached hydrogens (tertiary/aromatic N) is 1. The van der Waals surface area contributed by atoms with E-state index >= 15 is 0 Å². The van der Waals surface area contributed by atoms with Crippen LogP contribution in [-0.2, 0) is 25.5 Å². The van der Waals surface area contributed by atoms with Crippen molar-refractivity contribution in [2.45, 2.75) is 83.5 Å². The fourth-order valence-electron chi connectivity index (χ4n) is 9.80. The van der Waals surface area contributed by atoms with E-state index < -0.39 is 11.3 Å². The van der Waals surface area contributed by atoms with Gasteiger partial charge in [0.15, 0.2) is 11.5 Å². The highest BCUT2D eigenvalue weighted by molar-refractivity contribution is 5.92. The summed E-state index contributed by atoms with van der Waals surface area (Å²) in [6.45, 7) is 1.12. The number of piperidine rings is 1. The number of esters is 1. The third kappa shape index (κ3) is 5.78. The number of fused-ring (bicyclic) bond motifs is 1. The maximum Gasteiger partial charge on any atom is 0.317 e. The van der Waals surface area contributed by atoms with Crippen molar-refractivity contribution in [2.75, 3.05) is 34.4 Å². The van der Waals surface area contributed by atoms with E-state index in [9.17, 15) is 14.4 Å². The van der Waals surface area contributed by atoms with E-state index in [1.807, 2.05) is 18.2 Å². The number of hydrogen-bond donors (Lipinski definition) is 1. The van der Waals surface area contributed by atoms with Gasteiger partial charge in [-0.05, 0) is 111 Å². The molecule has 234 valence electrons. The summed E-state index contributed by atoms with van der Waals surface area (Å²) in [6.07, 6.45) is 14.1. The molecule has 5 fully saturated rings. The van der Waals surface area contributed by atoms with Gasteiger partial charge in [0.05, 0.1) is 21.3 Å². The Morgan fingerprint density at radius 1 is 0.953 bits per heavy atom. The molecule has 0 unspecified atom stereocenters. The van der Waals surface area contributed by atoms with Crippen molar-refractivity contribution in [2.24, 2.45) is 34.5 Å². The van der Waals surface area contributed by atoms with Crippen LogP contribution in [0.1, 0.15) is 82.6 Å². The van der Waals surface area contributed by atoms with Crippen LogP contribution in [0.15, 0.2) is 30.0 Å². The van der Waals surface area contributed by atoms with Gasteiger partial charge < -0.3 is 24.4 Å². The molecule has 6 aliphatic rings. The van der Waals surface area contributed by atoms with Crippen LogP contribution >= 0.6 is 0 Å². The quantitative estimate of drug-likeness (QED) is 0.364. The van der Waals surface area contributed by atoms with Crippen molar-refractivity contribution in [1.82, 2.24) is 10.2 Å². The average Bonchev–Trinajstić information content (AvgIpc) is 3.22. The van der Waals surface area contributed by atoms with Crippen LogP contribution in [0.25, 0.3) is 0 Å². The van der Waals surface area contributed by atoms with Gasteiger partial charge in [-0.15, -0.1) is 0 Å². The second-order valence-electron chi connectivity index (χ2n) is 14.1. The fourth-order valence-corrected chi connectivity index (χ4v) is 9.80. The molecule has 5 aliphatic carbocycles. The fraction of sp³-hybridized carbons (Fsp3) is 0.686. The molecular weight excluding hydrogens is 544 g/mol. The predicted octanol–water partition coefficient (Wildman–Crippen LogP) is 5.43. The number of likely N-dealkylation sites (tertiary alicyclic amines) is 1. The molecule has 4 bridgehead atoms. The summed E-state index contributed by atoms with van der Waals surface area (Å²) in [5.74, 6) is 2.73. The number of ether oxygens (including phenoxy) is 3. The highest BCUT2D eigenvalue weighted by Crippen LogP contribution is 2.59. The number of amides is 2. The number of methoxy groups -OCH3 is 3. The molecule has 1 saturated heterocycles. The van der Waals surface area contributed by atoms with Crippen molar-refractivity contribution in [1.29, 1.82) is 0 Å². The zero-order valence-corrected chi connectivity index (χ0v) is 26.1. The number of carbonyl (C=O) groups excluding carboxylic acids is 3. The normalized spacial score (nSPS) is 32.9. The SMILES string of the molecule is COC(=O)[C@]12CCCCC=C1N(CCc1ccc(OC)c(OC)c1)C(=O)[C@H](CC(=O)NCC13CC4CC(CC(C4)C1)C3)C2. The standard InChI is InChI=1S/C35H48N2O6/c1-41-28-9-8-23(16-29(28)42-2)10-12-37-30-7-5-4-6-11-35(30,33(40)43-3)21-27(32(37)39)17-31(38)36-22-34-18-24-13-25(19-34)15-26(14-24)20-34/h7-9,16,24-27H,4-6,10-15,17-22H2,1-3H3,(H,36,38)/t24?,25?,26?,27-,34?,35+/m1/s1. The molecule has 1 N–H and O–H groups in total. The van der Waals surface area contributed by atoms with E-state index in [0.717, 1.165) is 48.3 Å². The van der Waals surface area contributed by atoms with Gasteiger partial charge in [-0.2, -0.15) is 0 Å². The maximum atomic E-state index is 14.2. The van der Waals surface area contributed by atoms with E-state index in [4.69, 9.17) is 14.2 Å². The number of rotatable bonds is 10. The molecule has 1 aliphatic heterocycles. The van der Waals surface area contributed by atoms with Crippen molar-refractivity contribution in [3.63, 3.8) is 0 Å². The van der Waals surface area contributed by atoms with Gasteiger partial charge in [0.2, 0.25) is 11.8 Å². The minimum atomic E-state index is -0.915. The molecule has 4 saturated carbocycles. The first-order valence-electron chi connectivity index (χ1n) is 16.4. The molecule has 7 rings (SSSR count). The van der Waals surface area contributed by atoms with E-state index in [2.05, 4.69) is 11.4 Å². The van der Waals surface area contributed by atoms with Crippen molar-refractivity contribution < 1.29 is 28.6 Å². The lowest BCUT2D eigenvalue weighted by molar-refractivity contribution is -0.159. The Morgan fingerprint density at radius 2 is 1.65 bits per heavy atom.